The van der Waals surface area contributed by atoms with Gasteiger partial charge in [0.2, 0.25) is 0 Å². The van der Waals surface area contributed by atoms with E-state index in [-0.39, 0.29) is 0 Å². The summed E-state index contributed by atoms with van der Waals surface area (Å²) in [5.41, 5.74) is 3.67. The Kier molecular flexibility index (Phi) is 4.74. The van der Waals surface area contributed by atoms with Crippen molar-refractivity contribution in [3.8, 4) is 11.4 Å². The first-order valence-electron chi connectivity index (χ1n) is 8.44. The molecule has 0 aromatic carbocycles. The van der Waals surface area contributed by atoms with Crippen LogP contribution in [0.1, 0.15) is 5.69 Å². The van der Waals surface area contributed by atoms with E-state index < -0.39 is 0 Å². The summed E-state index contributed by atoms with van der Waals surface area (Å²) in [6.45, 7) is 7.46. The first-order chi connectivity index (χ1) is 12.2. The predicted molar refractivity (Wildman–Crippen MR) is 101 cm³/mol. The van der Waals surface area contributed by atoms with E-state index >= 15 is 0 Å². The number of aryl methyl sites for hydroxylation is 1. The Labute approximate surface area is 154 Å². The molecule has 2 N–H and O–H groups in total. The molecule has 3 aromatic rings. The average Bonchev–Trinajstić information content (AvgIpc) is 3.19. The lowest BCUT2D eigenvalue weighted by atomic mass is 10.2. The van der Waals surface area contributed by atoms with E-state index in [4.69, 9.17) is 9.72 Å². The number of hydrogen-bond donors (Lipinski definition) is 2. The maximum Gasteiger partial charge on any atom is 0.140 e. The van der Waals surface area contributed by atoms with Gasteiger partial charge in [-0.05, 0) is 35.0 Å². The number of aromatic nitrogens is 4. The molecule has 0 unspecified atom stereocenters. The molecule has 132 valence electrons. The van der Waals surface area contributed by atoms with Crippen molar-refractivity contribution in [1.82, 2.24) is 24.3 Å². The molecule has 0 spiro atoms. The van der Waals surface area contributed by atoms with Gasteiger partial charge >= 0.3 is 0 Å². The Morgan fingerprint density at radius 1 is 1.28 bits per heavy atom. The average molecular weight is 405 g/mol. The zero-order chi connectivity index (χ0) is 17.2. The van der Waals surface area contributed by atoms with Crippen LogP contribution in [0.5, 0.6) is 0 Å². The third-order valence-corrected chi connectivity index (χ3v) is 4.93. The van der Waals surface area contributed by atoms with Crippen LogP contribution in [-0.2, 0) is 4.74 Å². The first kappa shape index (κ1) is 16.6. The second-order valence-corrected chi connectivity index (χ2v) is 7.06. The van der Waals surface area contributed by atoms with Crippen LogP contribution in [-0.4, -0.2) is 63.6 Å². The summed E-state index contributed by atoms with van der Waals surface area (Å²) >= 11 is 3.55. The summed E-state index contributed by atoms with van der Waals surface area (Å²) < 4.78 is 8.50. The molecule has 0 radical (unpaired) electrons. The number of anilines is 1. The van der Waals surface area contributed by atoms with Crippen molar-refractivity contribution in [1.29, 1.82) is 0 Å². The van der Waals surface area contributed by atoms with Gasteiger partial charge in [0.15, 0.2) is 0 Å². The zero-order valence-corrected chi connectivity index (χ0v) is 15.7. The van der Waals surface area contributed by atoms with Crippen LogP contribution in [0, 0.1) is 6.92 Å². The Bertz CT molecular complexity index is 867. The molecular weight excluding hydrogens is 384 g/mol. The van der Waals surface area contributed by atoms with E-state index in [2.05, 4.69) is 40.5 Å². The van der Waals surface area contributed by atoms with Crippen molar-refractivity contribution in [2.75, 3.05) is 44.7 Å². The molecule has 0 atom stereocenters. The van der Waals surface area contributed by atoms with Crippen LogP contribution < -0.4 is 5.32 Å². The summed E-state index contributed by atoms with van der Waals surface area (Å²) in [4.78, 5) is 14.8. The molecule has 7 nitrogen and oxygen atoms in total. The van der Waals surface area contributed by atoms with Gasteiger partial charge in [-0.3, -0.25) is 9.30 Å². The molecule has 0 bridgehead atoms. The van der Waals surface area contributed by atoms with Gasteiger partial charge in [-0.15, -0.1) is 0 Å². The highest BCUT2D eigenvalue weighted by molar-refractivity contribution is 9.10. The molecule has 0 amide bonds. The molecule has 1 saturated heterocycles. The molecule has 25 heavy (non-hydrogen) atoms. The summed E-state index contributed by atoms with van der Waals surface area (Å²) in [5, 5.41) is 3.57. The fourth-order valence-corrected chi connectivity index (χ4v) is 3.44. The molecule has 1 aliphatic rings. The number of pyridine rings is 1. The quantitative estimate of drug-likeness (QED) is 0.683. The number of hydrogen-bond acceptors (Lipinski definition) is 5. The summed E-state index contributed by atoms with van der Waals surface area (Å²) in [5.74, 6) is 0.972. The second-order valence-electron chi connectivity index (χ2n) is 6.14. The van der Waals surface area contributed by atoms with Crippen molar-refractivity contribution in [3.05, 3.63) is 34.8 Å². The number of aromatic amines is 1. The van der Waals surface area contributed by atoms with Crippen molar-refractivity contribution in [3.63, 3.8) is 0 Å². The zero-order valence-electron chi connectivity index (χ0n) is 14.1. The lowest BCUT2D eigenvalue weighted by Crippen LogP contribution is -2.39. The standard InChI is InChI=1S/C17H21BrN6O/c1-12-15(21-11-20-12)16-17(19-4-5-23-6-8-25-9-7-23)24-10-13(18)2-3-14(24)22-16/h2-3,10-11,19H,4-9H2,1H3,(H,20,21). The topological polar surface area (TPSA) is 70.5 Å². The normalized spacial score (nSPS) is 15.8. The Morgan fingerprint density at radius 3 is 2.88 bits per heavy atom. The maximum atomic E-state index is 5.41. The van der Waals surface area contributed by atoms with Gasteiger partial charge in [-0.2, -0.15) is 0 Å². The van der Waals surface area contributed by atoms with E-state index in [0.29, 0.717) is 0 Å². The fraction of sp³-hybridized carbons (Fsp3) is 0.412. The number of morpholine rings is 1. The molecule has 4 heterocycles. The molecule has 8 heteroatoms. The second kappa shape index (κ2) is 7.15. The molecular formula is C17H21BrN6O. The van der Waals surface area contributed by atoms with Crippen LogP contribution in [0.3, 0.4) is 0 Å². The maximum absolute atomic E-state index is 5.41. The molecule has 1 aliphatic heterocycles. The molecule has 0 saturated carbocycles. The van der Waals surface area contributed by atoms with E-state index in [9.17, 15) is 0 Å². The minimum atomic E-state index is 0.820. The SMILES string of the molecule is Cc1[nH]cnc1-c1nc2ccc(Br)cn2c1NCCN1CCOCC1. The van der Waals surface area contributed by atoms with Gasteiger partial charge in [0.25, 0.3) is 0 Å². The summed E-state index contributed by atoms with van der Waals surface area (Å²) in [6, 6.07) is 4.00. The first-order valence-corrected chi connectivity index (χ1v) is 9.23. The molecule has 3 aromatic heterocycles. The third-order valence-electron chi connectivity index (χ3n) is 4.46. The van der Waals surface area contributed by atoms with E-state index in [1.165, 1.54) is 0 Å². The molecule has 1 fully saturated rings. The number of halogens is 1. The van der Waals surface area contributed by atoms with Crippen molar-refractivity contribution >= 4 is 27.4 Å². The van der Waals surface area contributed by atoms with Crippen molar-refractivity contribution in [2.24, 2.45) is 0 Å². The number of nitrogens with zero attached hydrogens (tertiary/aromatic N) is 4. The van der Waals surface area contributed by atoms with E-state index in [0.717, 1.165) is 72.4 Å². The van der Waals surface area contributed by atoms with Crippen LogP contribution in [0.15, 0.2) is 29.1 Å². The van der Waals surface area contributed by atoms with Crippen molar-refractivity contribution < 1.29 is 4.74 Å². The minimum absolute atomic E-state index is 0.820. The smallest absolute Gasteiger partial charge is 0.140 e. The van der Waals surface area contributed by atoms with E-state index in [1.54, 1.807) is 6.33 Å². The molecule has 0 aliphatic carbocycles. The number of nitrogens with one attached hydrogen (secondary N) is 2. The number of fused-ring (bicyclic) bond motifs is 1. The van der Waals surface area contributed by atoms with Gasteiger partial charge < -0.3 is 15.0 Å². The van der Waals surface area contributed by atoms with Gasteiger partial charge in [0, 0.05) is 42.5 Å². The monoisotopic (exact) mass is 404 g/mol. The number of ether oxygens (including phenoxy) is 1. The highest BCUT2D eigenvalue weighted by Crippen LogP contribution is 2.30. The Balaban J connectivity index is 1.62. The third kappa shape index (κ3) is 3.42. The highest BCUT2D eigenvalue weighted by atomic mass is 79.9. The highest BCUT2D eigenvalue weighted by Gasteiger charge is 2.18. The predicted octanol–water partition coefficient (Wildman–Crippen LogP) is 2.54. The van der Waals surface area contributed by atoms with Crippen LogP contribution >= 0.6 is 15.9 Å². The van der Waals surface area contributed by atoms with Gasteiger partial charge in [0.1, 0.15) is 22.9 Å². The van der Waals surface area contributed by atoms with Gasteiger partial charge in [-0.25, -0.2) is 9.97 Å². The lowest BCUT2D eigenvalue weighted by molar-refractivity contribution is 0.0398. The fourth-order valence-electron chi connectivity index (χ4n) is 3.11. The Hall–Kier alpha value is -1.90. The minimum Gasteiger partial charge on any atom is -0.379 e. The van der Waals surface area contributed by atoms with Crippen LogP contribution in [0.25, 0.3) is 17.0 Å². The number of H-pyrrole nitrogens is 1. The summed E-state index contributed by atoms with van der Waals surface area (Å²) in [6.07, 6.45) is 3.74. The lowest BCUT2D eigenvalue weighted by Gasteiger charge is -2.26. The van der Waals surface area contributed by atoms with Gasteiger partial charge in [0.05, 0.1) is 19.5 Å². The van der Waals surface area contributed by atoms with Gasteiger partial charge in [-0.1, -0.05) is 0 Å². The molecule has 4 rings (SSSR count). The largest absolute Gasteiger partial charge is 0.379 e. The number of imidazole rings is 2. The van der Waals surface area contributed by atoms with E-state index in [1.807, 2.05) is 25.3 Å². The van der Waals surface area contributed by atoms with Crippen LogP contribution in [0.4, 0.5) is 5.82 Å². The van der Waals surface area contributed by atoms with Crippen LogP contribution in [0.2, 0.25) is 0 Å². The van der Waals surface area contributed by atoms with Crippen molar-refractivity contribution in [2.45, 2.75) is 6.92 Å². The number of rotatable bonds is 5. The summed E-state index contributed by atoms with van der Waals surface area (Å²) in [7, 11) is 0. The Morgan fingerprint density at radius 2 is 2.12 bits per heavy atom.